The molecule has 4 rings (SSSR count). The van der Waals surface area contributed by atoms with Crippen molar-refractivity contribution in [3.05, 3.63) is 53.7 Å². The zero-order valence-electron chi connectivity index (χ0n) is 21.1. The number of pyridine rings is 1. The van der Waals surface area contributed by atoms with Gasteiger partial charge in [-0.25, -0.2) is 4.79 Å². The largest absolute Gasteiger partial charge is 0.492 e. The van der Waals surface area contributed by atoms with E-state index in [4.69, 9.17) is 9.47 Å². The molecule has 1 heterocycles. The van der Waals surface area contributed by atoms with Crippen molar-refractivity contribution < 1.29 is 14.3 Å². The van der Waals surface area contributed by atoms with Gasteiger partial charge in [-0.05, 0) is 75.2 Å². The SMILES string of the molecule is CCN(CC)CCCOc1cc2nccc(Oc3ccc(NC(=O)NC4CC4)c(C)c3)c2cc1C#N. The predicted molar refractivity (Wildman–Crippen MR) is 141 cm³/mol. The van der Waals surface area contributed by atoms with E-state index in [9.17, 15) is 10.1 Å². The van der Waals surface area contributed by atoms with E-state index in [2.05, 4.69) is 40.4 Å². The van der Waals surface area contributed by atoms with Gasteiger partial charge in [0.1, 0.15) is 23.3 Å². The van der Waals surface area contributed by atoms with Crippen molar-refractivity contribution in [1.82, 2.24) is 15.2 Å². The van der Waals surface area contributed by atoms with Crippen LogP contribution < -0.4 is 20.1 Å². The number of nitrogens with one attached hydrogen (secondary N) is 2. The molecular weight excluding hydrogens is 454 g/mol. The number of benzene rings is 2. The summed E-state index contributed by atoms with van der Waals surface area (Å²) >= 11 is 0. The Labute approximate surface area is 212 Å². The van der Waals surface area contributed by atoms with E-state index in [0.717, 1.165) is 55.5 Å². The predicted octanol–water partition coefficient (Wildman–Crippen LogP) is 5.60. The maximum absolute atomic E-state index is 12.1. The van der Waals surface area contributed by atoms with Crippen molar-refractivity contribution in [2.24, 2.45) is 0 Å². The lowest BCUT2D eigenvalue weighted by molar-refractivity contribution is 0.249. The maximum Gasteiger partial charge on any atom is 0.319 e. The third kappa shape index (κ3) is 6.43. The van der Waals surface area contributed by atoms with Gasteiger partial charge < -0.3 is 25.0 Å². The van der Waals surface area contributed by atoms with Gasteiger partial charge in [-0.1, -0.05) is 13.8 Å². The third-order valence-electron chi connectivity index (χ3n) is 6.28. The van der Waals surface area contributed by atoms with Gasteiger partial charge in [0.25, 0.3) is 0 Å². The van der Waals surface area contributed by atoms with Crippen LogP contribution in [0.15, 0.2) is 42.6 Å². The lowest BCUT2D eigenvalue weighted by Crippen LogP contribution is -2.30. The molecule has 2 N–H and O–H groups in total. The van der Waals surface area contributed by atoms with Gasteiger partial charge in [0.15, 0.2) is 0 Å². The van der Waals surface area contributed by atoms with Crippen LogP contribution in [0.1, 0.15) is 44.2 Å². The quantitative estimate of drug-likeness (QED) is 0.342. The fourth-order valence-electron chi connectivity index (χ4n) is 3.99. The summed E-state index contributed by atoms with van der Waals surface area (Å²) < 4.78 is 12.1. The summed E-state index contributed by atoms with van der Waals surface area (Å²) in [4.78, 5) is 18.9. The van der Waals surface area contributed by atoms with E-state index < -0.39 is 0 Å². The Kier molecular flexibility index (Phi) is 8.24. The molecule has 0 radical (unpaired) electrons. The van der Waals surface area contributed by atoms with Crippen LogP contribution in [0.2, 0.25) is 0 Å². The normalized spacial score (nSPS) is 12.9. The Bertz CT molecular complexity index is 1260. The van der Waals surface area contributed by atoms with Crippen molar-refractivity contribution >= 4 is 22.6 Å². The zero-order valence-corrected chi connectivity index (χ0v) is 21.1. The summed E-state index contributed by atoms with van der Waals surface area (Å²) in [5, 5.41) is 16.3. The van der Waals surface area contributed by atoms with E-state index in [1.807, 2.05) is 25.1 Å². The van der Waals surface area contributed by atoms with Gasteiger partial charge in [0.2, 0.25) is 0 Å². The molecule has 188 valence electrons. The minimum Gasteiger partial charge on any atom is -0.492 e. The average molecular weight is 488 g/mol. The number of fused-ring (bicyclic) bond motifs is 1. The molecule has 3 aromatic rings. The van der Waals surface area contributed by atoms with Crippen molar-refractivity contribution in [2.45, 2.75) is 46.1 Å². The maximum atomic E-state index is 12.1. The number of nitrogens with zero attached hydrogens (tertiary/aromatic N) is 3. The molecule has 0 spiro atoms. The summed E-state index contributed by atoms with van der Waals surface area (Å²) in [6.07, 6.45) is 4.64. The average Bonchev–Trinajstić information content (AvgIpc) is 3.69. The van der Waals surface area contributed by atoms with Crippen LogP contribution in [-0.2, 0) is 0 Å². The molecule has 1 saturated carbocycles. The summed E-state index contributed by atoms with van der Waals surface area (Å²) in [6.45, 7) is 9.72. The molecular formula is C28H33N5O3. The molecule has 1 aromatic heterocycles. The van der Waals surface area contributed by atoms with Crippen LogP contribution in [-0.4, -0.2) is 48.2 Å². The highest BCUT2D eigenvalue weighted by atomic mass is 16.5. The molecule has 2 amide bonds. The number of carbonyl (C=O) groups excluding carboxylic acids is 1. The lowest BCUT2D eigenvalue weighted by Gasteiger charge is -2.18. The second-order valence-corrected chi connectivity index (χ2v) is 8.97. The second-order valence-electron chi connectivity index (χ2n) is 8.97. The van der Waals surface area contributed by atoms with Crippen LogP contribution in [0.25, 0.3) is 10.9 Å². The van der Waals surface area contributed by atoms with Crippen molar-refractivity contribution in [3.63, 3.8) is 0 Å². The Morgan fingerprint density at radius 3 is 2.67 bits per heavy atom. The van der Waals surface area contributed by atoms with E-state index in [-0.39, 0.29) is 6.03 Å². The van der Waals surface area contributed by atoms with Crippen molar-refractivity contribution in [2.75, 3.05) is 31.6 Å². The summed E-state index contributed by atoms with van der Waals surface area (Å²) in [6, 6.07) is 13.2. The van der Waals surface area contributed by atoms with E-state index in [0.29, 0.717) is 41.0 Å². The number of ether oxygens (including phenoxy) is 2. The third-order valence-corrected chi connectivity index (χ3v) is 6.28. The number of aromatic nitrogens is 1. The number of rotatable bonds is 11. The molecule has 1 fully saturated rings. The summed E-state index contributed by atoms with van der Waals surface area (Å²) in [7, 11) is 0. The summed E-state index contributed by atoms with van der Waals surface area (Å²) in [5.74, 6) is 1.75. The van der Waals surface area contributed by atoms with Gasteiger partial charge >= 0.3 is 6.03 Å². The monoisotopic (exact) mass is 487 g/mol. The fourth-order valence-corrected chi connectivity index (χ4v) is 3.99. The summed E-state index contributed by atoms with van der Waals surface area (Å²) in [5.41, 5.74) is 2.75. The number of nitriles is 1. The highest BCUT2D eigenvalue weighted by Gasteiger charge is 2.23. The Morgan fingerprint density at radius 1 is 1.17 bits per heavy atom. The first-order valence-corrected chi connectivity index (χ1v) is 12.5. The van der Waals surface area contributed by atoms with Crippen LogP contribution in [0.4, 0.5) is 10.5 Å². The molecule has 0 bridgehead atoms. The number of hydrogen-bond acceptors (Lipinski definition) is 6. The van der Waals surface area contributed by atoms with Crippen LogP contribution in [0.5, 0.6) is 17.2 Å². The molecule has 0 aliphatic heterocycles. The molecule has 8 heteroatoms. The molecule has 8 nitrogen and oxygen atoms in total. The molecule has 1 aliphatic rings. The minimum absolute atomic E-state index is 0.190. The number of amides is 2. The minimum atomic E-state index is -0.190. The molecule has 1 aliphatic carbocycles. The van der Waals surface area contributed by atoms with Crippen LogP contribution in [0, 0.1) is 18.3 Å². The Hall–Kier alpha value is -3.83. The number of hydrogen-bond donors (Lipinski definition) is 2. The molecule has 2 aromatic carbocycles. The first-order valence-electron chi connectivity index (χ1n) is 12.5. The Morgan fingerprint density at radius 2 is 1.97 bits per heavy atom. The van der Waals surface area contributed by atoms with E-state index >= 15 is 0 Å². The highest BCUT2D eigenvalue weighted by molar-refractivity contribution is 5.91. The van der Waals surface area contributed by atoms with E-state index in [1.54, 1.807) is 24.4 Å². The standard InChI is InChI=1S/C28H33N5O3/c1-4-33(5-2)13-6-14-35-27-17-25-23(16-20(27)18-29)26(11-12-30-25)36-22-9-10-24(19(3)15-22)32-28(34)31-21-7-8-21/h9-12,15-17,21H,4-8,13-14H2,1-3H3,(H2,31,32,34). The molecule has 0 atom stereocenters. The number of carbonyl (C=O) groups is 1. The zero-order chi connectivity index (χ0) is 25.5. The first-order chi connectivity index (χ1) is 17.5. The number of urea groups is 1. The Balaban J connectivity index is 1.47. The topological polar surface area (TPSA) is 99.5 Å². The van der Waals surface area contributed by atoms with Gasteiger partial charge in [0.05, 0.1) is 17.7 Å². The smallest absolute Gasteiger partial charge is 0.319 e. The molecule has 0 unspecified atom stereocenters. The number of aryl methyl sites for hydroxylation is 1. The highest BCUT2D eigenvalue weighted by Crippen LogP contribution is 2.34. The van der Waals surface area contributed by atoms with Gasteiger partial charge in [-0.3, -0.25) is 4.98 Å². The number of anilines is 1. The van der Waals surface area contributed by atoms with E-state index in [1.165, 1.54) is 0 Å². The second kappa shape index (κ2) is 11.7. The molecule has 0 saturated heterocycles. The van der Waals surface area contributed by atoms with Gasteiger partial charge in [0, 0.05) is 35.9 Å². The van der Waals surface area contributed by atoms with Gasteiger partial charge in [-0.2, -0.15) is 5.26 Å². The molecule has 36 heavy (non-hydrogen) atoms. The lowest BCUT2D eigenvalue weighted by atomic mass is 10.1. The van der Waals surface area contributed by atoms with Crippen LogP contribution in [0.3, 0.4) is 0 Å². The first kappa shape index (κ1) is 25.3. The fraction of sp³-hybridized carbons (Fsp3) is 0.393. The van der Waals surface area contributed by atoms with Crippen molar-refractivity contribution in [1.29, 1.82) is 5.26 Å². The van der Waals surface area contributed by atoms with Crippen molar-refractivity contribution in [3.8, 4) is 23.3 Å². The van der Waals surface area contributed by atoms with Crippen LogP contribution >= 0.6 is 0 Å². The van der Waals surface area contributed by atoms with Gasteiger partial charge in [-0.15, -0.1) is 0 Å².